The second-order valence-electron chi connectivity index (χ2n) is 6.17. The Hall–Kier alpha value is -1.85. The van der Waals surface area contributed by atoms with Crippen molar-refractivity contribution in [2.75, 3.05) is 13.1 Å². The van der Waals surface area contributed by atoms with Crippen molar-refractivity contribution >= 4 is 0 Å². The van der Waals surface area contributed by atoms with Crippen LogP contribution in [0.15, 0.2) is 30.7 Å². The molecule has 1 N–H and O–H groups in total. The molecule has 1 fully saturated rings. The van der Waals surface area contributed by atoms with E-state index in [1.165, 1.54) is 23.2 Å². The average molecular weight is 295 g/mol. The molecule has 4 rings (SSSR count). The van der Waals surface area contributed by atoms with E-state index in [0.717, 1.165) is 44.8 Å². The standard InChI is InChI=1S/C17H21N5/c1-2-16(19-6-1)17-20-10-14-12-22(9-5-15(14)21-17)11-13-3-7-18-8-4-13/h3-4,7-8,10,16,19H,1-2,5-6,9,11-12H2. The van der Waals surface area contributed by atoms with Gasteiger partial charge < -0.3 is 5.32 Å². The smallest absolute Gasteiger partial charge is 0.145 e. The van der Waals surface area contributed by atoms with Gasteiger partial charge in [-0.25, -0.2) is 9.97 Å². The minimum atomic E-state index is 0.361. The van der Waals surface area contributed by atoms with Crippen LogP contribution in [0.3, 0.4) is 0 Å². The minimum absolute atomic E-state index is 0.361. The molecule has 2 aliphatic heterocycles. The fourth-order valence-corrected chi connectivity index (χ4v) is 3.34. The summed E-state index contributed by atoms with van der Waals surface area (Å²) in [5.74, 6) is 0.985. The third-order valence-electron chi connectivity index (χ3n) is 4.56. The Bertz CT molecular complexity index is 637. The van der Waals surface area contributed by atoms with Crippen LogP contribution in [0.25, 0.3) is 0 Å². The van der Waals surface area contributed by atoms with Crippen LogP contribution in [-0.4, -0.2) is 32.9 Å². The lowest BCUT2D eigenvalue weighted by atomic mass is 10.1. The van der Waals surface area contributed by atoms with Crippen molar-refractivity contribution in [3.05, 3.63) is 53.4 Å². The molecule has 4 heterocycles. The van der Waals surface area contributed by atoms with Gasteiger partial charge in [0.1, 0.15) is 5.82 Å². The second kappa shape index (κ2) is 6.10. The monoisotopic (exact) mass is 295 g/mol. The Morgan fingerprint density at radius 3 is 3.00 bits per heavy atom. The molecule has 0 aliphatic carbocycles. The molecule has 0 amide bonds. The molecule has 0 aromatic carbocycles. The topological polar surface area (TPSA) is 53.9 Å². The fourth-order valence-electron chi connectivity index (χ4n) is 3.34. The molecule has 1 atom stereocenters. The molecule has 114 valence electrons. The summed E-state index contributed by atoms with van der Waals surface area (Å²) in [6, 6.07) is 4.53. The lowest BCUT2D eigenvalue weighted by molar-refractivity contribution is 0.242. The van der Waals surface area contributed by atoms with E-state index in [4.69, 9.17) is 4.98 Å². The first-order chi connectivity index (χ1) is 10.9. The van der Waals surface area contributed by atoms with Gasteiger partial charge in [-0.1, -0.05) is 0 Å². The number of rotatable bonds is 3. The van der Waals surface area contributed by atoms with E-state index in [9.17, 15) is 0 Å². The Morgan fingerprint density at radius 2 is 2.18 bits per heavy atom. The maximum Gasteiger partial charge on any atom is 0.145 e. The zero-order chi connectivity index (χ0) is 14.8. The van der Waals surface area contributed by atoms with Gasteiger partial charge in [-0.3, -0.25) is 9.88 Å². The van der Waals surface area contributed by atoms with Crippen LogP contribution in [0.2, 0.25) is 0 Å². The van der Waals surface area contributed by atoms with Crippen molar-refractivity contribution < 1.29 is 0 Å². The summed E-state index contributed by atoms with van der Waals surface area (Å²) >= 11 is 0. The van der Waals surface area contributed by atoms with Gasteiger partial charge in [0, 0.05) is 55.9 Å². The Morgan fingerprint density at radius 1 is 1.27 bits per heavy atom. The van der Waals surface area contributed by atoms with E-state index in [1.54, 1.807) is 0 Å². The van der Waals surface area contributed by atoms with Crippen LogP contribution in [-0.2, 0) is 19.5 Å². The number of fused-ring (bicyclic) bond motifs is 1. The van der Waals surface area contributed by atoms with Gasteiger partial charge in [-0.2, -0.15) is 0 Å². The molecule has 5 nitrogen and oxygen atoms in total. The molecule has 5 heteroatoms. The number of hydrogen-bond acceptors (Lipinski definition) is 5. The van der Waals surface area contributed by atoms with Gasteiger partial charge >= 0.3 is 0 Å². The summed E-state index contributed by atoms with van der Waals surface area (Å²) in [6.45, 7) is 4.05. The van der Waals surface area contributed by atoms with Crippen LogP contribution in [0.1, 0.15) is 41.5 Å². The van der Waals surface area contributed by atoms with Crippen molar-refractivity contribution in [2.45, 2.75) is 38.4 Å². The summed E-state index contributed by atoms with van der Waals surface area (Å²) in [4.78, 5) is 16.0. The van der Waals surface area contributed by atoms with Crippen molar-refractivity contribution in [3.8, 4) is 0 Å². The largest absolute Gasteiger partial charge is 0.307 e. The Labute approximate surface area is 130 Å². The van der Waals surface area contributed by atoms with Gasteiger partial charge in [-0.15, -0.1) is 0 Å². The summed E-state index contributed by atoms with van der Waals surface area (Å²) in [5.41, 5.74) is 3.83. The molecule has 1 unspecified atom stereocenters. The Kier molecular flexibility index (Phi) is 3.83. The molecule has 0 spiro atoms. The molecule has 22 heavy (non-hydrogen) atoms. The van der Waals surface area contributed by atoms with Crippen LogP contribution in [0.4, 0.5) is 0 Å². The molecular weight excluding hydrogens is 274 g/mol. The molecule has 0 bridgehead atoms. The molecule has 0 saturated carbocycles. The molecule has 2 aromatic rings. The first-order valence-corrected chi connectivity index (χ1v) is 8.08. The summed E-state index contributed by atoms with van der Waals surface area (Å²) in [7, 11) is 0. The predicted octanol–water partition coefficient (Wildman–Crippen LogP) is 1.85. The third kappa shape index (κ3) is 2.87. The van der Waals surface area contributed by atoms with Gasteiger partial charge in [-0.05, 0) is 37.1 Å². The predicted molar refractivity (Wildman–Crippen MR) is 84.1 cm³/mol. The quantitative estimate of drug-likeness (QED) is 0.936. The maximum atomic E-state index is 4.83. The van der Waals surface area contributed by atoms with Crippen molar-refractivity contribution in [3.63, 3.8) is 0 Å². The van der Waals surface area contributed by atoms with Gasteiger partial charge in [0.15, 0.2) is 0 Å². The summed E-state index contributed by atoms with van der Waals surface area (Å²) < 4.78 is 0. The van der Waals surface area contributed by atoms with Gasteiger partial charge in [0.05, 0.1) is 6.04 Å². The van der Waals surface area contributed by atoms with Crippen LogP contribution in [0, 0.1) is 0 Å². The summed E-state index contributed by atoms with van der Waals surface area (Å²) in [5, 5.41) is 3.48. The van der Waals surface area contributed by atoms with E-state index >= 15 is 0 Å². The van der Waals surface area contributed by atoms with Crippen LogP contribution >= 0.6 is 0 Å². The van der Waals surface area contributed by atoms with Crippen LogP contribution in [0.5, 0.6) is 0 Å². The third-order valence-corrected chi connectivity index (χ3v) is 4.56. The highest BCUT2D eigenvalue weighted by molar-refractivity contribution is 5.22. The second-order valence-corrected chi connectivity index (χ2v) is 6.17. The molecule has 0 radical (unpaired) electrons. The van der Waals surface area contributed by atoms with Gasteiger partial charge in [0.25, 0.3) is 0 Å². The van der Waals surface area contributed by atoms with Crippen molar-refractivity contribution in [1.29, 1.82) is 0 Å². The number of nitrogens with zero attached hydrogens (tertiary/aromatic N) is 4. The SMILES string of the molecule is c1cc(CN2CCc3nc(C4CCCN4)ncc3C2)ccn1. The van der Waals surface area contributed by atoms with E-state index in [1.807, 2.05) is 18.6 Å². The fraction of sp³-hybridized carbons (Fsp3) is 0.471. The lowest BCUT2D eigenvalue weighted by Crippen LogP contribution is -2.31. The zero-order valence-corrected chi connectivity index (χ0v) is 12.7. The van der Waals surface area contributed by atoms with E-state index < -0.39 is 0 Å². The van der Waals surface area contributed by atoms with Crippen LogP contribution < -0.4 is 5.32 Å². The van der Waals surface area contributed by atoms with E-state index in [0.29, 0.717) is 6.04 Å². The minimum Gasteiger partial charge on any atom is -0.307 e. The molecular formula is C17H21N5. The average Bonchev–Trinajstić information content (AvgIpc) is 3.10. The van der Waals surface area contributed by atoms with E-state index in [-0.39, 0.29) is 0 Å². The lowest BCUT2D eigenvalue weighted by Gasteiger charge is -2.28. The highest BCUT2D eigenvalue weighted by Gasteiger charge is 2.23. The molecule has 2 aromatic heterocycles. The summed E-state index contributed by atoms with van der Waals surface area (Å²) in [6.07, 6.45) is 9.16. The highest BCUT2D eigenvalue weighted by Crippen LogP contribution is 2.23. The van der Waals surface area contributed by atoms with Gasteiger partial charge in [0.2, 0.25) is 0 Å². The maximum absolute atomic E-state index is 4.83. The number of nitrogens with one attached hydrogen (secondary N) is 1. The first-order valence-electron chi connectivity index (χ1n) is 8.08. The zero-order valence-electron chi connectivity index (χ0n) is 12.7. The molecule has 1 saturated heterocycles. The van der Waals surface area contributed by atoms with Crippen molar-refractivity contribution in [1.82, 2.24) is 25.2 Å². The van der Waals surface area contributed by atoms with E-state index in [2.05, 4.69) is 32.3 Å². The van der Waals surface area contributed by atoms with Crippen molar-refractivity contribution in [2.24, 2.45) is 0 Å². The number of pyridine rings is 1. The normalized spacial score (nSPS) is 21.7. The number of hydrogen-bond donors (Lipinski definition) is 1. The first kappa shape index (κ1) is 13.8. The highest BCUT2D eigenvalue weighted by atomic mass is 15.1. The Balaban J connectivity index is 1.47. The number of aromatic nitrogens is 3. The molecule has 2 aliphatic rings.